The number of hydrogen-bond acceptors (Lipinski definition) is 4. The summed E-state index contributed by atoms with van der Waals surface area (Å²) in [7, 11) is 4.30. The molecular weight excluding hydrogens is 326 g/mol. The van der Waals surface area contributed by atoms with Crippen LogP contribution in [0, 0.1) is 5.92 Å². The molecule has 1 aliphatic carbocycles. The Labute approximate surface area is 155 Å². The van der Waals surface area contributed by atoms with Crippen LogP contribution in [0.25, 0.3) is 11.5 Å². The average Bonchev–Trinajstić information content (AvgIpc) is 3.36. The number of oxazole rings is 1. The molecule has 1 fully saturated rings. The van der Waals surface area contributed by atoms with Crippen molar-refractivity contribution in [3.63, 3.8) is 0 Å². The molecule has 0 amide bonds. The Morgan fingerprint density at radius 1 is 1.27 bits per heavy atom. The van der Waals surface area contributed by atoms with Crippen LogP contribution in [0.2, 0.25) is 0 Å². The van der Waals surface area contributed by atoms with Gasteiger partial charge in [-0.2, -0.15) is 0 Å². The number of guanidine groups is 1. The van der Waals surface area contributed by atoms with Gasteiger partial charge in [-0.3, -0.25) is 0 Å². The van der Waals surface area contributed by atoms with Gasteiger partial charge in [0, 0.05) is 24.7 Å². The molecule has 140 valence electrons. The van der Waals surface area contributed by atoms with Gasteiger partial charge in [0.25, 0.3) is 0 Å². The number of rotatable bonds is 8. The Morgan fingerprint density at radius 3 is 2.69 bits per heavy atom. The predicted octanol–water partition coefficient (Wildman–Crippen LogP) is 2.74. The van der Waals surface area contributed by atoms with Gasteiger partial charge in [0.15, 0.2) is 5.96 Å². The number of hydrogen-bond donors (Lipinski definition) is 2. The zero-order valence-corrected chi connectivity index (χ0v) is 15.9. The van der Waals surface area contributed by atoms with Crippen molar-refractivity contribution in [1.82, 2.24) is 20.5 Å². The lowest BCUT2D eigenvalue weighted by Crippen LogP contribution is -2.46. The quantitative estimate of drug-likeness (QED) is 0.563. The summed E-state index contributed by atoms with van der Waals surface area (Å²) in [5.74, 6) is 2.27. The van der Waals surface area contributed by atoms with Gasteiger partial charge in [0.05, 0.1) is 6.54 Å². The summed E-state index contributed by atoms with van der Waals surface area (Å²) in [6, 6.07) is 10.5. The van der Waals surface area contributed by atoms with Crippen molar-refractivity contribution in [3.05, 3.63) is 42.3 Å². The third-order valence-corrected chi connectivity index (χ3v) is 4.62. The van der Waals surface area contributed by atoms with Crippen molar-refractivity contribution in [3.8, 4) is 11.5 Å². The summed E-state index contributed by atoms with van der Waals surface area (Å²) in [6.45, 7) is 4.29. The number of nitrogens with one attached hydrogen (secondary N) is 2. The molecule has 2 aromatic rings. The topological polar surface area (TPSA) is 65.7 Å². The molecule has 1 aliphatic rings. The SMILES string of the molecule is CCNC(=NCc1coc(-c2ccccc2)n1)NCC(C1CC1)N(C)C. The van der Waals surface area contributed by atoms with Crippen LogP contribution in [0.15, 0.2) is 46.0 Å². The largest absolute Gasteiger partial charge is 0.444 e. The highest BCUT2D eigenvalue weighted by atomic mass is 16.3. The summed E-state index contributed by atoms with van der Waals surface area (Å²) < 4.78 is 5.58. The summed E-state index contributed by atoms with van der Waals surface area (Å²) in [5.41, 5.74) is 1.80. The highest BCUT2D eigenvalue weighted by Crippen LogP contribution is 2.34. The van der Waals surface area contributed by atoms with Crippen LogP contribution >= 0.6 is 0 Å². The maximum absolute atomic E-state index is 5.58. The van der Waals surface area contributed by atoms with Crippen LogP contribution in [-0.2, 0) is 6.54 Å². The molecule has 2 N–H and O–H groups in total. The van der Waals surface area contributed by atoms with Gasteiger partial charge >= 0.3 is 0 Å². The molecule has 3 rings (SSSR count). The van der Waals surface area contributed by atoms with Crippen LogP contribution in [-0.4, -0.2) is 49.1 Å². The highest BCUT2D eigenvalue weighted by molar-refractivity contribution is 5.79. The molecule has 1 saturated carbocycles. The molecule has 0 bridgehead atoms. The molecule has 1 atom stereocenters. The van der Waals surface area contributed by atoms with Crippen LogP contribution in [0.5, 0.6) is 0 Å². The lowest BCUT2D eigenvalue weighted by molar-refractivity contribution is 0.264. The van der Waals surface area contributed by atoms with E-state index >= 15 is 0 Å². The van der Waals surface area contributed by atoms with Gasteiger partial charge in [-0.05, 0) is 51.9 Å². The van der Waals surface area contributed by atoms with E-state index in [4.69, 9.17) is 4.42 Å². The summed E-state index contributed by atoms with van der Waals surface area (Å²) in [6.07, 6.45) is 4.35. The lowest BCUT2D eigenvalue weighted by Gasteiger charge is -2.25. The maximum Gasteiger partial charge on any atom is 0.226 e. The lowest BCUT2D eigenvalue weighted by atomic mass is 10.1. The normalized spacial score (nSPS) is 15.9. The monoisotopic (exact) mass is 355 g/mol. The van der Waals surface area contributed by atoms with Crippen molar-refractivity contribution in [1.29, 1.82) is 0 Å². The van der Waals surface area contributed by atoms with Gasteiger partial charge in [-0.15, -0.1) is 0 Å². The van der Waals surface area contributed by atoms with Gasteiger partial charge in [0.2, 0.25) is 5.89 Å². The van der Waals surface area contributed by atoms with Crippen molar-refractivity contribution < 1.29 is 4.42 Å². The number of likely N-dealkylation sites (N-methyl/N-ethyl adjacent to an activating group) is 1. The van der Waals surface area contributed by atoms with Crippen molar-refractivity contribution in [2.45, 2.75) is 32.4 Å². The molecule has 0 aliphatic heterocycles. The molecule has 0 radical (unpaired) electrons. The van der Waals surface area contributed by atoms with Gasteiger partial charge in [0.1, 0.15) is 12.0 Å². The van der Waals surface area contributed by atoms with Gasteiger partial charge in [-0.25, -0.2) is 9.98 Å². The molecule has 1 heterocycles. The third-order valence-electron chi connectivity index (χ3n) is 4.62. The maximum atomic E-state index is 5.58. The van der Waals surface area contributed by atoms with Crippen molar-refractivity contribution in [2.75, 3.05) is 27.2 Å². The first-order chi connectivity index (χ1) is 12.7. The van der Waals surface area contributed by atoms with Crippen LogP contribution < -0.4 is 10.6 Å². The van der Waals surface area contributed by atoms with E-state index in [1.807, 2.05) is 30.3 Å². The van der Waals surface area contributed by atoms with E-state index in [1.54, 1.807) is 6.26 Å². The Bertz CT molecular complexity index is 704. The standard InChI is InChI=1S/C20H29N5O/c1-4-21-20(23-13-18(25(2)3)15-10-11-15)22-12-17-14-26-19(24-17)16-8-6-5-7-9-16/h5-9,14-15,18H,4,10-13H2,1-3H3,(H2,21,22,23). The molecule has 6 nitrogen and oxygen atoms in total. The minimum atomic E-state index is 0.488. The van der Waals surface area contributed by atoms with Crippen molar-refractivity contribution >= 4 is 5.96 Å². The van der Waals surface area contributed by atoms with E-state index in [0.29, 0.717) is 18.5 Å². The molecule has 1 aromatic heterocycles. The molecule has 0 spiro atoms. The first-order valence-corrected chi connectivity index (χ1v) is 9.35. The molecule has 1 aromatic carbocycles. The van der Waals surface area contributed by atoms with E-state index in [0.717, 1.165) is 36.2 Å². The fourth-order valence-corrected chi connectivity index (χ4v) is 3.05. The molecular formula is C20H29N5O. The first kappa shape index (κ1) is 18.5. The van der Waals surface area contributed by atoms with Crippen LogP contribution in [0.1, 0.15) is 25.5 Å². The van der Waals surface area contributed by atoms with Gasteiger partial charge < -0.3 is 20.0 Å². The fraction of sp³-hybridized carbons (Fsp3) is 0.500. The Morgan fingerprint density at radius 2 is 2.04 bits per heavy atom. The van der Waals surface area contributed by atoms with Crippen LogP contribution in [0.3, 0.4) is 0 Å². The van der Waals surface area contributed by atoms with Gasteiger partial charge in [-0.1, -0.05) is 18.2 Å². The number of aliphatic imine (C=N–C) groups is 1. The second kappa shape index (κ2) is 8.85. The first-order valence-electron chi connectivity index (χ1n) is 9.35. The number of aromatic nitrogens is 1. The van der Waals surface area contributed by atoms with Crippen molar-refractivity contribution in [2.24, 2.45) is 10.9 Å². The third kappa shape index (κ3) is 5.08. The second-order valence-electron chi connectivity index (χ2n) is 6.95. The predicted molar refractivity (Wildman–Crippen MR) is 105 cm³/mol. The summed E-state index contributed by atoms with van der Waals surface area (Å²) >= 11 is 0. The van der Waals surface area contributed by atoms with E-state index in [9.17, 15) is 0 Å². The average molecular weight is 355 g/mol. The highest BCUT2D eigenvalue weighted by Gasteiger charge is 2.32. The number of nitrogens with zero attached hydrogens (tertiary/aromatic N) is 3. The minimum Gasteiger partial charge on any atom is -0.444 e. The minimum absolute atomic E-state index is 0.488. The zero-order valence-electron chi connectivity index (χ0n) is 15.9. The summed E-state index contributed by atoms with van der Waals surface area (Å²) in [4.78, 5) is 11.5. The van der Waals surface area contributed by atoms with E-state index < -0.39 is 0 Å². The summed E-state index contributed by atoms with van der Waals surface area (Å²) in [5, 5.41) is 6.78. The second-order valence-corrected chi connectivity index (χ2v) is 6.95. The molecule has 0 saturated heterocycles. The zero-order chi connectivity index (χ0) is 18.4. The smallest absolute Gasteiger partial charge is 0.226 e. The molecule has 1 unspecified atom stereocenters. The van der Waals surface area contributed by atoms with Crippen LogP contribution in [0.4, 0.5) is 0 Å². The van der Waals surface area contributed by atoms with E-state index in [1.165, 1.54) is 12.8 Å². The fourth-order valence-electron chi connectivity index (χ4n) is 3.05. The molecule has 6 heteroatoms. The Balaban J connectivity index is 1.59. The van der Waals surface area contributed by atoms with E-state index in [2.05, 4.69) is 46.5 Å². The molecule has 26 heavy (non-hydrogen) atoms. The number of benzene rings is 1. The Hall–Kier alpha value is -2.34. The van der Waals surface area contributed by atoms with E-state index in [-0.39, 0.29) is 0 Å². The Kier molecular flexibility index (Phi) is 6.28.